The lowest BCUT2D eigenvalue weighted by atomic mass is 10.2. The topological polar surface area (TPSA) is 95.6 Å². The monoisotopic (exact) mass is 310 g/mol. The minimum atomic E-state index is 0.267. The molecule has 2 aromatic rings. The maximum absolute atomic E-state index is 5.69. The molecule has 0 aliphatic carbocycles. The molecule has 116 valence electrons. The number of hydrogen-bond donors (Lipinski definition) is 1. The minimum Gasteiger partial charge on any atom is -0.338 e. The maximum atomic E-state index is 5.69. The molecule has 0 unspecified atom stereocenters. The van der Waals surface area contributed by atoms with Crippen molar-refractivity contribution in [3.8, 4) is 0 Å². The Labute approximate surface area is 128 Å². The number of hydrogen-bond acceptors (Lipinski definition) is 7. The van der Waals surface area contributed by atoms with Gasteiger partial charge in [0.1, 0.15) is 5.82 Å². The predicted octanol–water partition coefficient (Wildman–Crippen LogP) is 2.34. The number of nitrogens with zero attached hydrogens (tertiary/aromatic N) is 5. The highest BCUT2D eigenvalue weighted by atomic mass is 32.2. The van der Waals surface area contributed by atoms with Gasteiger partial charge in [-0.1, -0.05) is 30.3 Å². The van der Waals surface area contributed by atoms with Gasteiger partial charge in [-0.2, -0.15) is 4.98 Å². The summed E-state index contributed by atoms with van der Waals surface area (Å²) < 4.78 is 7.29. The van der Waals surface area contributed by atoms with E-state index in [1.54, 1.807) is 0 Å². The van der Waals surface area contributed by atoms with Crippen molar-refractivity contribution in [2.75, 3.05) is 0 Å². The normalized spacial score (nSPS) is 11.5. The van der Waals surface area contributed by atoms with Crippen LogP contribution in [-0.4, -0.2) is 24.9 Å². The fraction of sp³-hybridized carbons (Fsp3) is 0.692. The lowest BCUT2D eigenvalue weighted by Gasteiger charge is -2.11. The molecule has 0 saturated heterocycles. The van der Waals surface area contributed by atoms with Crippen LogP contribution in [-0.2, 0) is 18.7 Å². The van der Waals surface area contributed by atoms with Crippen LogP contribution in [0.4, 0.5) is 0 Å². The van der Waals surface area contributed by atoms with Crippen LogP contribution in [0.2, 0.25) is 0 Å². The largest absolute Gasteiger partial charge is 0.338 e. The zero-order valence-electron chi connectivity index (χ0n) is 12.7. The average molecular weight is 310 g/mol. The van der Waals surface area contributed by atoms with Crippen molar-refractivity contribution in [3.63, 3.8) is 0 Å². The van der Waals surface area contributed by atoms with Gasteiger partial charge in [0, 0.05) is 12.5 Å². The lowest BCUT2D eigenvalue weighted by Crippen LogP contribution is -2.11. The minimum absolute atomic E-state index is 0.267. The van der Waals surface area contributed by atoms with E-state index in [0.717, 1.165) is 36.1 Å². The van der Waals surface area contributed by atoms with Gasteiger partial charge >= 0.3 is 0 Å². The molecule has 0 aliphatic rings. The zero-order valence-corrected chi connectivity index (χ0v) is 13.6. The molecule has 21 heavy (non-hydrogen) atoms. The van der Waals surface area contributed by atoms with Crippen LogP contribution in [0.3, 0.4) is 0 Å². The average Bonchev–Trinajstić information content (AvgIpc) is 3.09. The van der Waals surface area contributed by atoms with Gasteiger partial charge in [0.05, 0.1) is 12.3 Å². The number of rotatable bonds is 8. The third-order valence-corrected chi connectivity index (χ3v) is 3.95. The van der Waals surface area contributed by atoms with Gasteiger partial charge in [0.2, 0.25) is 5.89 Å². The van der Waals surface area contributed by atoms with Crippen LogP contribution in [0.5, 0.6) is 0 Å². The molecule has 0 radical (unpaired) electrons. The smallest absolute Gasteiger partial charge is 0.237 e. The predicted molar refractivity (Wildman–Crippen MR) is 80.8 cm³/mol. The number of nitrogens with two attached hydrogens (primary N) is 1. The van der Waals surface area contributed by atoms with E-state index >= 15 is 0 Å². The molecule has 2 N–H and O–H groups in total. The van der Waals surface area contributed by atoms with Gasteiger partial charge in [-0.25, -0.2) is 0 Å². The first-order valence-electron chi connectivity index (χ1n) is 7.23. The number of unbranched alkanes of at least 4 members (excludes halogenated alkanes) is 1. The Bertz CT molecular complexity index is 565. The van der Waals surface area contributed by atoms with Crippen molar-refractivity contribution >= 4 is 11.8 Å². The van der Waals surface area contributed by atoms with Gasteiger partial charge in [0.15, 0.2) is 11.0 Å². The van der Waals surface area contributed by atoms with Crippen LogP contribution < -0.4 is 5.73 Å². The molecular weight excluding hydrogens is 288 g/mol. The second kappa shape index (κ2) is 7.56. The van der Waals surface area contributed by atoms with Crippen molar-refractivity contribution in [2.45, 2.75) is 63.5 Å². The summed E-state index contributed by atoms with van der Waals surface area (Å²) in [6.45, 7) is 6.70. The molecule has 0 amide bonds. The Kier molecular flexibility index (Phi) is 5.75. The lowest BCUT2D eigenvalue weighted by molar-refractivity contribution is 0.384. The summed E-state index contributed by atoms with van der Waals surface area (Å²) >= 11 is 1.54. The maximum Gasteiger partial charge on any atom is 0.237 e. The Morgan fingerprint density at radius 2 is 2.14 bits per heavy atom. The van der Waals surface area contributed by atoms with Crippen molar-refractivity contribution < 1.29 is 4.52 Å². The van der Waals surface area contributed by atoms with E-state index in [0.29, 0.717) is 18.2 Å². The zero-order chi connectivity index (χ0) is 15.2. The van der Waals surface area contributed by atoms with Gasteiger partial charge in [0.25, 0.3) is 0 Å². The second-order valence-corrected chi connectivity index (χ2v) is 6.01. The van der Waals surface area contributed by atoms with Crippen LogP contribution in [0.15, 0.2) is 9.68 Å². The fourth-order valence-electron chi connectivity index (χ4n) is 1.98. The Balaban J connectivity index is 1.99. The quantitative estimate of drug-likeness (QED) is 0.747. The Morgan fingerprint density at radius 1 is 1.33 bits per heavy atom. The molecule has 7 nitrogen and oxygen atoms in total. The van der Waals surface area contributed by atoms with E-state index < -0.39 is 0 Å². The standard InChI is InChI=1S/C13H22N6OS/c1-4-5-6-10-15-12(20-18-10)8-21-13-17-16-11(7-14)19(13)9(2)3/h9H,4-8,14H2,1-3H3. The summed E-state index contributed by atoms with van der Waals surface area (Å²) in [6.07, 6.45) is 3.07. The van der Waals surface area contributed by atoms with Crippen LogP contribution in [0.1, 0.15) is 57.2 Å². The molecule has 8 heteroatoms. The molecule has 0 fully saturated rings. The Hall–Kier alpha value is -1.41. The molecular formula is C13H22N6OS. The van der Waals surface area contributed by atoms with Crippen molar-refractivity contribution in [2.24, 2.45) is 5.73 Å². The van der Waals surface area contributed by atoms with E-state index in [9.17, 15) is 0 Å². The summed E-state index contributed by atoms with van der Waals surface area (Å²) in [4.78, 5) is 4.38. The highest BCUT2D eigenvalue weighted by Crippen LogP contribution is 2.24. The highest BCUT2D eigenvalue weighted by Gasteiger charge is 2.15. The molecule has 2 heterocycles. The molecule has 2 aromatic heterocycles. The molecule has 0 spiro atoms. The van der Waals surface area contributed by atoms with E-state index in [1.165, 1.54) is 11.8 Å². The van der Waals surface area contributed by atoms with Crippen molar-refractivity contribution in [3.05, 3.63) is 17.5 Å². The summed E-state index contributed by atoms with van der Waals surface area (Å²) in [6, 6.07) is 0.267. The fourth-order valence-corrected chi connectivity index (χ4v) is 2.90. The Morgan fingerprint density at radius 3 is 2.81 bits per heavy atom. The van der Waals surface area contributed by atoms with Crippen LogP contribution in [0.25, 0.3) is 0 Å². The van der Waals surface area contributed by atoms with E-state index in [2.05, 4.69) is 41.1 Å². The van der Waals surface area contributed by atoms with Crippen LogP contribution >= 0.6 is 11.8 Å². The summed E-state index contributed by atoms with van der Waals surface area (Å²) in [5.41, 5.74) is 5.69. The number of thioether (sulfide) groups is 1. The number of aryl methyl sites for hydroxylation is 1. The van der Waals surface area contributed by atoms with Gasteiger partial charge in [-0.3, -0.25) is 0 Å². The molecule has 2 rings (SSSR count). The van der Waals surface area contributed by atoms with Crippen LogP contribution in [0, 0.1) is 0 Å². The summed E-state index contributed by atoms with van der Waals surface area (Å²) in [5.74, 6) is 2.79. The summed E-state index contributed by atoms with van der Waals surface area (Å²) in [5, 5.41) is 13.1. The molecule has 0 bridgehead atoms. The molecule has 0 saturated carbocycles. The first-order valence-corrected chi connectivity index (χ1v) is 8.22. The second-order valence-electron chi connectivity index (χ2n) is 5.06. The van der Waals surface area contributed by atoms with E-state index in [1.807, 2.05) is 4.57 Å². The molecule has 0 aromatic carbocycles. The summed E-state index contributed by atoms with van der Waals surface area (Å²) in [7, 11) is 0. The van der Waals surface area contributed by atoms with Crippen molar-refractivity contribution in [1.82, 2.24) is 24.9 Å². The highest BCUT2D eigenvalue weighted by molar-refractivity contribution is 7.98. The van der Waals surface area contributed by atoms with Gasteiger partial charge < -0.3 is 14.8 Å². The van der Waals surface area contributed by atoms with Crippen molar-refractivity contribution in [1.29, 1.82) is 0 Å². The molecule has 0 atom stereocenters. The molecule has 0 aliphatic heterocycles. The third-order valence-electron chi connectivity index (χ3n) is 3.02. The first kappa shape index (κ1) is 16.0. The third kappa shape index (κ3) is 4.04. The first-order chi connectivity index (χ1) is 10.2. The van der Waals surface area contributed by atoms with E-state index in [4.69, 9.17) is 10.3 Å². The van der Waals surface area contributed by atoms with Gasteiger partial charge in [-0.05, 0) is 20.3 Å². The van der Waals surface area contributed by atoms with E-state index in [-0.39, 0.29) is 6.04 Å². The number of aromatic nitrogens is 5. The van der Waals surface area contributed by atoms with Gasteiger partial charge in [-0.15, -0.1) is 10.2 Å². The SMILES string of the molecule is CCCCc1noc(CSc2nnc(CN)n2C(C)C)n1.